The lowest BCUT2D eigenvalue weighted by Crippen LogP contribution is -2.68. The number of hydrogen-bond acceptors (Lipinski definition) is 6. The molecular formula is C19H28O6. The predicted molar refractivity (Wildman–Crippen MR) is 89.3 cm³/mol. The summed E-state index contributed by atoms with van der Waals surface area (Å²) in [6.07, 6.45) is -0.644. The molecule has 0 aromatic carbocycles. The number of aliphatic hydroxyl groups excluding tert-OH is 1. The fraction of sp³-hybridized carbons (Fsp3) is 0.789. The summed E-state index contributed by atoms with van der Waals surface area (Å²) < 4.78 is 11.1. The number of ether oxygens (including phenoxy) is 2. The molecule has 1 aliphatic heterocycles. The van der Waals surface area contributed by atoms with Gasteiger partial charge in [0.2, 0.25) is 0 Å². The molecule has 1 saturated heterocycles. The average Bonchev–Trinajstić information content (AvgIpc) is 2.79. The summed E-state index contributed by atoms with van der Waals surface area (Å²) >= 11 is 0. The lowest BCUT2D eigenvalue weighted by atomic mass is 9.50. The van der Waals surface area contributed by atoms with Crippen LogP contribution in [0.1, 0.15) is 47.0 Å². The number of esters is 2. The van der Waals surface area contributed by atoms with Crippen LogP contribution in [0.3, 0.4) is 0 Å². The molecule has 7 atom stereocenters. The second-order valence-electron chi connectivity index (χ2n) is 8.58. The fourth-order valence-corrected chi connectivity index (χ4v) is 5.00. The zero-order chi connectivity index (χ0) is 18.7. The third-order valence-corrected chi connectivity index (χ3v) is 6.59. The molecule has 25 heavy (non-hydrogen) atoms. The van der Waals surface area contributed by atoms with Gasteiger partial charge in [0, 0.05) is 29.2 Å². The van der Waals surface area contributed by atoms with Gasteiger partial charge in [-0.2, -0.15) is 0 Å². The maximum Gasteiger partial charge on any atom is 0.334 e. The van der Waals surface area contributed by atoms with Gasteiger partial charge in [0.1, 0.15) is 17.8 Å². The summed E-state index contributed by atoms with van der Waals surface area (Å²) in [5, 5.41) is 22.2. The molecule has 140 valence electrons. The van der Waals surface area contributed by atoms with Gasteiger partial charge in [0.25, 0.3) is 0 Å². The Kier molecular flexibility index (Phi) is 4.27. The van der Waals surface area contributed by atoms with E-state index in [2.05, 4.69) is 6.58 Å². The molecule has 0 spiro atoms. The summed E-state index contributed by atoms with van der Waals surface area (Å²) in [5.74, 6) is -1.88. The molecule has 0 aromatic rings. The van der Waals surface area contributed by atoms with Gasteiger partial charge in [-0.15, -0.1) is 0 Å². The van der Waals surface area contributed by atoms with E-state index in [0.29, 0.717) is 18.4 Å². The SMILES string of the molecule is C=C1C(=O)O[C@H]2[C@H]1CC[C@@]1(C)[C@H](O)C[C@@H](OC(=O)C(C)C)[C@@](C)(O)[C@H]21. The van der Waals surface area contributed by atoms with Crippen LogP contribution in [0.25, 0.3) is 0 Å². The number of carbonyl (C=O) groups excluding carboxylic acids is 2. The molecule has 3 rings (SSSR count). The van der Waals surface area contributed by atoms with Crippen molar-refractivity contribution < 1.29 is 29.3 Å². The van der Waals surface area contributed by atoms with Crippen molar-refractivity contribution >= 4 is 11.9 Å². The van der Waals surface area contributed by atoms with E-state index < -0.39 is 47.2 Å². The first-order chi connectivity index (χ1) is 11.5. The molecular weight excluding hydrogens is 324 g/mol. The minimum absolute atomic E-state index is 0.163. The standard InChI is InChI=1S/C19H28O6/c1-9(2)16(21)24-13-8-12(20)18(4)7-6-11-10(3)17(22)25-14(11)15(18)19(13,5)23/h9,11-15,20,23H,3,6-8H2,1-2,4-5H3/t11-,12+,13+,14-,15+,18-,19+/m0/s1. The fourth-order valence-electron chi connectivity index (χ4n) is 5.00. The van der Waals surface area contributed by atoms with Crippen molar-refractivity contribution in [3.05, 3.63) is 12.2 Å². The van der Waals surface area contributed by atoms with Crippen LogP contribution in [-0.4, -0.2) is 46.1 Å². The third-order valence-electron chi connectivity index (χ3n) is 6.59. The van der Waals surface area contributed by atoms with E-state index >= 15 is 0 Å². The highest BCUT2D eigenvalue weighted by atomic mass is 16.6. The Morgan fingerprint density at radius 2 is 2.04 bits per heavy atom. The van der Waals surface area contributed by atoms with Crippen LogP contribution in [0, 0.1) is 23.2 Å². The van der Waals surface area contributed by atoms with Crippen LogP contribution in [0.4, 0.5) is 0 Å². The van der Waals surface area contributed by atoms with Crippen molar-refractivity contribution in [2.75, 3.05) is 0 Å². The number of carbonyl (C=O) groups is 2. The van der Waals surface area contributed by atoms with Crippen molar-refractivity contribution in [1.82, 2.24) is 0 Å². The quantitative estimate of drug-likeness (QED) is 0.579. The Balaban J connectivity index is 1.97. The predicted octanol–water partition coefficient (Wildman–Crippen LogP) is 1.58. The van der Waals surface area contributed by atoms with Crippen molar-refractivity contribution in [2.24, 2.45) is 23.2 Å². The Morgan fingerprint density at radius 3 is 2.64 bits per heavy atom. The van der Waals surface area contributed by atoms with Gasteiger partial charge in [0.05, 0.1) is 12.0 Å². The molecule has 2 saturated carbocycles. The zero-order valence-electron chi connectivity index (χ0n) is 15.3. The monoisotopic (exact) mass is 352 g/mol. The summed E-state index contributed by atoms with van der Waals surface area (Å²) in [5.41, 5.74) is -1.60. The summed E-state index contributed by atoms with van der Waals surface area (Å²) in [6.45, 7) is 10.8. The minimum Gasteiger partial charge on any atom is -0.459 e. The smallest absolute Gasteiger partial charge is 0.334 e. The molecule has 0 aromatic heterocycles. The van der Waals surface area contributed by atoms with Gasteiger partial charge >= 0.3 is 11.9 Å². The first-order valence-electron chi connectivity index (χ1n) is 9.00. The molecule has 1 heterocycles. The molecule has 0 unspecified atom stereocenters. The molecule has 6 nitrogen and oxygen atoms in total. The average molecular weight is 352 g/mol. The van der Waals surface area contributed by atoms with Crippen LogP contribution in [0.5, 0.6) is 0 Å². The molecule has 0 radical (unpaired) electrons. The highest BCUT2D eigenvalue weighted by Gasteiger charge is 2.66. The van der Waals surface area contributed by atoms with E-state index in [-0.39, 0.29) is 18.3 Å². The van der Waals surface area contributed by atoms with Gasteiger partial charge in [-0.1, -0.05) is 27.4 Å². The number of hydrogen-bond donors (Lipinski definition) is 2. The van der Waals surface area contributed by atoms with E-state index in [9.17, 15) is 19.8 Å². The second kappa shape index (κ2) is 5.81. The maximum absolute atomic E-state index is 12.1. The highest BCUT2D eigenvalue weighted by Crippen LogP contribution is 2.59. The summed E-state index contributed by atoms with van der Waals surface area (Å²) in [4.78, 5) is 24.1. The summed E-state index contributed by atoms with van der Waals surface area (Å²) in [6, 6.07) is 0. The minimum atomic E-state index is -1.41. The zero-order valence-corrected chi connectivity index (χ0v) is 15.3. The summed E-state index contributed by atoms with van der Waals surface area (Å²) in [7, 11) is 0. The van der Waals surface area contributed by atoms with Gasteiger partial charge in [0.15, 0.2) is 0 Å². The topological polar surface area (TPSA) is 93.1 Å². The van der Waals surface area contributed by atoms with Gasteiger partial charge < -0.3 is 19.7 Å². The third kappa shape index (κ3) is 2.61. The van der Waals surface area contributed by atoms with E-state index in [1.807, 2.05) is 6.92 Å². The van der Waals surface area contributed by atoms with Crippen molar-refractivity contribution in [1.29, 1.82) is 0 Å². The lowest BCUT2D eigenvalue weighted by molar-refractivity contribution is -0.255. The Morgan fingerprint density at radius 1 is 1.40 bits per heavy atom. The van der Waals surface area contributed by atoms with E-state index in [1.54, 1.807) is 20.8 Å². The van der Waals surface area contributed by atoms with E-state index in [4.69, 9.17) is 9.47 Å². The molecule has 2 N–H and O–H groups in total. The molecule has 6 heteroatoms. The highest BCUT2D eigenvalue weighted by molar-refractivity contribution is 5.91. The molecule has 0 bridgehead atoms. The van der Waals surface area contributed by atoms with E-state index in [1.165, 1.54) is 0 Å². The van der Waals surface area contributed by atoms with Crippen LogP contribution in [0.2, 0.25) is 0 Å². The number of aliphatic hydroxyl groups is 2. The second-order valence-corrected chi connectivity index (χ2v) is 8.58. The van der Waals surface area contributed by atoms with Gasteiger partial charge in [-0.3, -0.25) is 4.79 Å². The molecule has 2 aliphatic carbocycles. The normalized spacial score (nSPS) is 46.4. The van der Waals surface area contributed by atoms with Crippen molar-refractivity contribution in [3.8, 4) is 0 Å². The van der Waals surface area contributed by atoms with E-state index in [0.717, 1.165) is 0 Å². The maximum atomic E-state index is 12.1. The van der Waals surface area contributed by atoms with Crippen LogP contribution >= 0.6 is 0 Å². The van der Waals surface area contributed by atoms with Crippen molar-refractivity contribution in [3.63, 3.8) is 0 Å². The lowest BCUT2D eigenvalue weighted by Gasteiger charge is -2.59. The van der Waals surface area contributed by atoms with Gasteiger partial charge in [-0.05, 0) is 19.8 Å². The van der Waals surface area contributed by atoms with Crippen LogP contribution in [0.15, 0.2) is 12.2 Å². The Bertz CT molecular complexity index is 609. The number of rotatable bonds is 2. The number of fused-ring (bicyclic) bond motifs is 3. The first-order valence-corrected chi connectivity index (χ1v) is 9.00. The first kappa shape index (κ1) is 18.4. The van der Waals surface area contributed by atoms with Crippen LogP contribution in [-0.2, 0) is 19.1 Å². The van der Waals surface area contributed by atoms with Crippen molar-refractivity contribution in [2.45, 2.75) is 70.9 Å². The largest absolute Gasteiger partial charge is 0.459 e. The van der Waals surface area contributed by atoms with Crippen LogP contribution < -0.4 is 0 Å². The Hall–Kier alpha value is -1.40. The molecule has 3 aliphatic rings. The van der Waals surface area contributed by atoms with Gasteiger partial charge in [-0.25, -0.2) is 4.79 Å². The molecule has 3 fully saturated rings. The Labute approximate surface area is 148 Å². The molecule has 0 amide bonds.